The largest absolute Gasteiger partial charge is 0.315 e. The molecule has 1 fully saturated rings. The predicted molar refractivity (Wildman–Crippen MR) is 93.1 cm³/mol. The normalized spacial score (nSPS) is 19.0. The molecule has 4 nitrogen and oxygen atoms in total. The van der Waals surface area contributed by atoms with Crippen molar-refractivity contribution in [2.75, 3.05) is 13.1 Å². The van der Waals surface area contributed by atoms with Crippen molar-refractivity contribution in [3.8, 4) is 0 Å². The molecule has 1 unspecified atom stereocenters. The number of aryl methyl sites for hydroxylation is 1. The Labute approximate surface area is 140 Å². The van der Waals surface area contributed by atoms with E-state index >= 15 is 0 Å². The van der Waals surface area contributed by atoms with Gasteiger partial charge < -0.3 is 5.32 Å². The highest BCUT2D eigenvalue weighted by molar-refractivity contribution is 7.89. The van der Waals surface area contributed by atoms with Gasteiger partial charge in [-0.05, 0) is 55.8 Å². The maximum Gasteiger partial charge on any atom is 0.240 e. The van der Waals surface area contributed by atoms with E-state index in [-0.39, 0.29) is 18.4 Å². The molecule has 2 rings (SSSR count). The van der Waals surface area contributed by atoms with E-state index < -0.39 is 10.0 Å². The smallest absolute Gasteiger partial charge is 0.240 e. The molecule has 2 N–H and O–H groups in total. The summed E-state index contributed by atoms with van der Waals surface area (Å²) in [5.74, 6) is 0.661. The summed E-state index contributed by atoms with van der Waals surface area (Å²) in [6, 6.07) is 7.29. The summed E-state index contributed by atoms with van der Waals surface area (Å²) in [5.41, 5.74) is 1.20. The molecule has 0 amide bonds. The van der Waals surface area contributed by atoms with Gasteiger partial charge in [-0.15, -0.1) is 12.4 Å². The minimum Gasteiger partial charge on any atom is -0.315 e. The van der Waals surface area contributed by atoms with Crippen LogP contribution in [0.5, 0.6) is 0 Å². The van der Waals surface area contributed by atoms with Crippen LogP contribution >= 0.6 is 12.4 Å². The molecule has 126 valence electrons. The number of sulfonamides is 1. The summed E-state index contributed by atoms with van der Waals surface area (Å²) < 4.78 is 27.5. The Morgan fingerprint density at radius 1 is 1.27 bits per heavy atom. The topological polar surface area (TPSA) is 58.2 Å². The second-order valence-electron chi connectivity index (χ2n) is 6.24. The molecule has 6 heteroatoms. The van der Waals surface area contributed by atoms with Crippen molar-refractivity contribution in [2.24, 2.45) is 5.92 Å². The van der Waals surface area contributed by atoms with E-state index in [9.17, 15) is 8.42 Å². The Hall–Kier alpha value is -0.620. The Kier molecular flexibility index (Phi) is 7.83. The Balaban J connectivity index is 0.00000242. The van der Waals surface area contributed by atoms with Gasteiger partial charge in [0.05, 0.1) is 4.90 Å². The third-order valence-corrected chi connectivity index (χ3v) is 5.40. The first kappa shape index (κ1) is 19.4. The van der Waals surface area contributed by atoms with Crippen LogP contribution in [0.1, 0.15) is 38.7 Å². The number of halogens is 1. The van der Waals surface area contributed by atoms with E-state index in [1.54, 1.807) is 12.1 Å². The third kappa shape index (κ3) is 5.88. The fraction of sp³-hybridized carbons (Fsp3) is 0.625. The van der Waals surface area contributed by atoms with Crippen LogP contribution < -0.4 is 10.0 Å². The van der Waals surface area contributed by atoms with Gasteiger partial charge >= 0.3 is 0 Å². The van der Waals surface area contributed by atoms with Crippen molar-refractivity contribution in [2.45, 2.75) is 50.5 Å². The molecule has 1 heterocycles. The lowest BCUT2D eigenvalue weighted by molar-refractivity contribution is 0.428. The van der Waals surface area contributed by atoms with Gasteiger partial charge in [0.25, 0.3) is 0 Å². The first-order valence-electron chi connectivity index (χ1n) is 7.79. The Morgan fingerprint density at radius 2 is 1.95 bits per heavy atom. The van der Waals surface area contributed by atoms with E-state index in [0.717, 1.165) is 32.2 Å². The lowest BCUT2D eigenvalue weighted by Crippen LogP contribution is -2.45. The van der Waals surface area contributed by atoms with E-state index in [0.29, 0.717) is 17.4 Å². The highest BCUT2D eigenvalue weighted by Gasteiger charge is 2.21. The number of piperidine rings is 1. The summed E-state index contributed by atoms with van der Waals surface area (Å²) >= 11 is 0. The molecule has 0 aromatic heterocycles. The van der Waals surface area contributed by atoms with Gasteiger partial charge in [0.2, 0.25) is 10.0 Å². The molecule has 0 aliphatic carbocycles. The molecule has 0 radical (unpaired) electrons. The third-order valence-electron chi connectivity index (χ3n) is 3.86. The summed E-state index contributed by atoms with van der Waals surface area (Å²) in [6.45, 7) is 6.08. The van der Waals surface area contributed by atoms with Crippen molar-refractivity contribution in [3.05, 3.63) is 29.8 Å². The second-order valence-corrected chi connectivity index (χ2v) is 7.96. The molecule has 1 aliphatic rings. The molecule has 1 saturated heterocycles. The average Bonchev–Trinajstić information content (AvgIpc) is 2.46. The average molecular weight is 347 g/mol. The maximum atomic E-state index is 12.3. The van der Waals surface area contributed by atoms with Crippen molar-refractivity contribution in [1.82, 2.24) is 10.0 Å². The summed E-state index contributed by atoms with van der Waals surface area (Å²) in [7, 11) is -3.40. The summed E-state index contributed by atoms with van der Waals surface area (Å²) in [6.07, 6.45) is 4.04. The molecular weight excluding hydrogens is 320 g/mol. The van der Waals surface area contributed by atoms with E-state index in [2.05, 4.69) is 23.9 Å². The van der Waals surface area contributed by atoms with Crippen LogP contribution in [-0.4, -0.2) is 27.5 Å². The first-order valence-corrected chi connectivity index (χ1v) is 9.27. The van der Waals surface area contributed by atoms with Crippen LogP contribution in [0.2, 0.25) is 0 Å². The van der Waals surface area contributed by atoms with E-state index in [1.807, 2.05) is 12.1 Å². The standard InChI is InChI=1S/C16H26N2O2S.ClH/c1-13(2)5-6-14-7-9-16(10-8-14)21(19,20)18-15-4-3-11-17-12-15;/h7-10,13,15,17-18H,3-6,11-12H2,1-2H3;1H. The zero-order valence-corrected chi connectivity index (χ0v) is 15.0. The van der Waals surface area contributed by atoms with Gasteiger partial charge in [0, 0.05) is 12.6 Å². The molecular formula is C16H27ClN2O2S. The monoisotopic (exact) mass is 346 g/mol. The van der Waals surface area contributed by atoms with Gasteiger partial charge in [-0.3, -0.25) is 0 Å². The molecule has 0 saturated carbocycles. The lowest BCUT2D eigenvalue weighted by atomic mass is 10.0. The molecule has 1 atom stereocenters. The number of rotatable bonds is 6. The number of nitrogens with one attached hydrogen (secondary N) is 2. The molecule has 1 aliphatic heterocycles. The van der Waals surface area contributed by atoms with Gasteiger partial charge in [0.15, 0.2) is 0 Å². The quantitative estimate of drug-likeness (QED) is 0.832. The van der Waals surface area contributed by atoms with E-state index in [4.69, 9.17) is 0 Å². The van der Waals surface area contributed by atoms with Crippen molar-refractivity contribution in [1.29, 1.82) is 0 Å². The van der Waals surface area contributed by atoms with Crippen LogP contribution in [0.4, 0.5) is 0 Å². The number of hydrogen-bond acceptors (Lipinski definition) is 3. The van der Waals surface area contributed by atoms with Crippen LogP contribution in [0.3, 0.4) is 0 Å². The Bertz CT molecular complexity index is 538. The van der Waals surface area contributed by atoms with Gasteiger partial charge in [0.1, 0.15) is 0 Å². The zero-order valence-electron chi connectivity index (χ0n) is 13.3. The maximum absolute atomic E-state index is 12.3. The van der Waals surface area contributed by atoms with Gasteiger partial charge in [-0.1, -0.05) is 26.0 Å². The Morgan fingerprint density at radius 3 is 2.50 bits per heavy atom. The second kappa shape index (κ2) is 8.87. The number of benzene rings is 1. The molecule has 0 spiro atoms. The predicted octanol–water partition coefficient (Wildman–Crippen LogP) is 2.73. The number of hydrogen-bond donors (Lipinski definition) is 2. The van der Waals surface area contributed by atoms with Crippen LogP contribution in [0, 0.1) is 5.92 Å². The highest BCUT2D eigenvalue weighted by Crippen LogP contribution is 2.15. The molecule has 22 heavy (non-hydrogen) atoms. The van der Waals surface area contributed by atoms with E-state index in [1.165, 1.54) is 5.56 Å². The first-order chi connectivity index (χ1) is 9.97. The SMILES string of the molecule is CC(C)CCc1ccc(S(=O)(=O)NC2CCCNC2)cc1.Cl. The van der Waals surface area contributed by atoms with Crippen LogP contribution in [0.15, 0.2) is 29.2 Å². The van der Waals surface area contributed by atoms with Gasteiger partial charge in [-0.25, -0.2) is 13.1 Å². The molecule has 1 aromatic carbocycles. The van der Waals surface area contributed by atoms with Crippen molar-refractivity contribution >= 4 is 22.4 Å². The summed E-state index contributed by atoms with van der Waals surface area (Å²) in [4.78, 5) is 0.362. The van der Waals surface area contributed by atoms with Crippen molar-refractivity contribution < 1.29 is 8.42 Å². The minimum absolute atomic E-state index is 0. The fourth-order valence-electron chi connectivity index (χ4n) is 2.53. The lowest BCUT2D eigenvalue weighted by Gasteiger charge is -2.23. The fourth-order valence-corrected chi connectivity index (χ4v) is 3.80. The molecule has 0 bridgehead atoms. The highest BCUT2D eigenvalue weighted by atomic mass is 35.5. The van der Waals surface area contributed by atoms with Crippen molar-refractivity contribution in [3.63, 3.8) is 0 Å². The summed E-state index contributed by atoms with van der Waals surface area (Å²) in [5, 5.41) is 3.22. The van der Waals surface area contributed by atoms with Gasteiger partial charge in [-0.2, -0.15) is 0 Å². The van der Waals surface area contributed by atoms with Crippen LogP contribution in [-0.2, 0) is 16.4 Å². The molecule has 1 aromatic rings. The minimum atomic E-state index is -3.40. The zero-order chi connectivity index (χ0) is 15.3. The van der Waals surface area contributed by atoms with Crippen LogP contribution in [0.25, 0.3) is 0 Å².